The van der Waals surface area contributed by atoms with Crippen molar-refractivity contribution in [2.24, 2.45) is 5.92 Å². The maximum Gasteiger partial charge on any atom is 0.336 e. The van der Waals surface area contributed by atoms with Crippen molar-refractivity contribution in [2.75, 3.05) is 31.2 Å². The third-order valence-corrected chi connectivity index (χ3v) is 9.53. The number of hydrogen-bond acceptors (Lipinski definition) is 7. The molecule has 1 saturated heterocycles. The monoisotopic (exact) mass is 540 g/mol. The van der Waals surface area contributed by atoms with Crippen LogP contribution in [0.4, 0.5) is 5.13 Å². The fraction of sp³-hybridized carbons (Fsp3) is 0.522. The number of halogens is 1. The van der Waals surface area contributed by atoms with E-state index < -0.39 is 18.8 Å². The zero-order valence-corrected chi connectivity index (χ0v) is 22.4. The van der Waals surface area contributed by atoms with Gasteiger partial charge in [0.2, 0.25) is 0 Å². The van der Waals surface area contributed by atoms with E-state index in [1.54, 1.807) is 10.6 Å². The first-order valence-corrected chi connectivity index (χ1v) is 14.6. The molecule has 1 atom stereocenters. The standard InChI is InChI=1S/C23H30ClN4O5PS/c1-4-15(5-2)18(34(30,31)32)20-25-22(29)19-21(26-23(35-19)27-9-11-33-12-10-27)28(20)13-16-7-6-8-17(24)14(16)3/h6-8,15,18H,4-5,9-13H2,1-3H3,(H2,30,31,32). The van der Waals surface area contributed by atoms with Gasteiger partial charge >= 0.3 is 7.60 Å². The van der Waals surface area contributed by atoms with Gasteiger partial charge in [-0.25, -0.2) is 4.98 Å². The normalized spacial score (nSPS) is 15.8. The number of ether oxygens (including phenoxy) is 1. The largest absolute Gasteiger partial charge is 0.378 e. The number of fused-ring (bicyclic) bond motifs is 1. The second-order valence-corrected chi connectivity index (χ2v) is 11.9. The predicted octanol–water partition coefficient (Wildman–Crippen LogP) is 4.35. The van der Waals surface area contributed by atoms with Gasteiger partial charge < -0.3 is 24.0 Å². The van der Waals surface area contributed by atoms with Crippen LogP contribution in [0.25, 0.3) is 10.3 Å². The SMILES string of the molecule is CCC(CC)C(c1nc(=O)c2sc(N3CCOCC3)nc2n1Cc1cccc(Cl)c1C)P(=O)(O)O. The van der Waals surface area contributed by atoms with E-state index in [1.807, 2.05) is 32.9 Å². The van der Waals surface area contributed by atoms with Gasteiger partial charge in [0.25, 0.3) is 5.56 Å². The molecule has 2 aromatic heterocycles. The van der Waals surface area contributed by atoms with Gasteiger partial charge in [-0.1, -0.05) is 61.8 Å². The molecule has 1 aliphatic rings. The van der Waals surface area contributed by atoms with Crippen LogP contribution < -0.4 is 10.5 Å². The molecule has 1 fully saturated rings. The molecule has 1 unspecified atom stereocenters. The van der Waals surface area contributed by atoms with Crippen LogP contribution in [0.5, 0.6) is 0 Å². The summed E-state index contributed by atoms with van der Waals surface area (Å²) in [6, 6.07) is 5.54. The summed E-state index contributed by atoms with van der Waals surface area (Å²) in [4.78, 5) is 45.2. The Bertz CT molecular complexity index is 1310. The Morgan fingerprint density at radius 2 is 1.89 bits per heavy atom. The number of hydrogen-bond donors (Lipinski definition) is 2. The molecule has 0 aliphatic carbocycles. The van der Waals surface area contributed by atoms with Gasteiger partial charge in [0, 0.05) is 18.1 Å². The number of benzene rings is 1. The van der Waals surface area contributed by atoms with E-state index in [0.29, 0.717) is 59.6 Å². The molecule has 9 nitrogen and oxygen atoms in total. The molecule has 0 bridgehead atoms. The second kappa shape index (κ2) is 10.7. The summed E-state index contributed by atoms with van der Waals surface area (Å²) in [6.07, 6.45) is 1.07. The van der Waals surface area contributed by atoms with Crippen molar-refractivity contribution < 1.29 is 19.1 Å². The van der Waals surface area contributed by atoms with Crippen LogP contribution in [0.1, 0.15) is 49.3 Å². The summed E-state index contributed by atoms with van der Waals surface area (Å²) in [5.41, 5.74) is 0.361. The fourth-order valence-electron chi connectivity index (χ4n) is 4.58. The Labute approximate surface area is 212 Å². The van der Waals surface area contributed by atoms with Crippen LogP contribution in [0, 0.1) is 12.8 Å². The lowest BCUT2D eigenvalue weighted by molar-refractivity contribution is 0.122. The van der Waals surface area contributed by atoms with Gasteiger partial charge in [-0.2, -0.15) is 4.98 Å². The van der Waals surface area contributed by atoms with Crippen molar-refractivity contribution in [3.8, 4) is 0 Å². The van der Waals surface area contributed by atoms with Gasteiger partial charge in [-0.3, -0.25) is 9.36 Å². The van der Waals surface area contributed by atoms with Crippen LogP contribution in [0.15, 0.2) is 23.0 Å². The highest BCUT2D eigenvalue weighted by molar-refractivity contribution is 7.52. The molecule has 2 N–H and O–H groups in total. The lowest BCUT2D eigenvalue weighted by Gasteiger charge is -2.28. The molecule has 0 amide bonds. The Balaban J connectivity index is 1.98. The molecule has 1 aromatic carbocycles. The van der Waals surface area contributed by atoms with Crippen LogP contribution in [0.2, 0.25) is 5.02 Å². The number of rotatable bonds is 8. The third kappa shape index (κ3) is 5.33. The molecule has 0 spiro atoms. The molecule has 4 rings (SSSR count). The first-order valence-electron chi connectivity index (χ1n) is 11.7. The summed E-state index contributed by atoms with van der Waals surface area (Å²) < 4.78 is 20.3. The molecule has 35 heavy (non-hydrogen) atoms. The number of anilines is 1. The molecule has 0 radical (unpaired) electrons. The molecule has 3 aromatic rings. The molecule has 190 valence electrons. The van der Waals surface area contributed by atoms with Crippen molar-refractivity contribution in [1.29, 1.82) is 0 Å². The van der Waals surface area contributed by atoms with Gasteiger partial charge in [0.1, 0.15) is 16.2 Å². The maximum atomic E-state index is 13.2. The van der Waals surface area contributed by atoms with E-state index >= 15 is 0 Å². The Kier molecular flexibility index (Phi) is 8.00. The maximum absolute atomic E-state index is 13.2. The summed E-state index contributed by atoms with van der Waals surface area (Å²) in [5.74, 6) is -0.285. The highest BCUT2D eigenvalue weighted by atomic mass is 35.5. The minimum absolute atomic E-state index is 0.0720. The van der Waals surface area contributed by atoms with Gasteiger partial charge in [-0.15, -0.1) is 0 Å². The topological polar surface area (TPSA) is 118 Å². The number of thiazole rings is 1. The average molecular weight is 541 g/mol. The zero-order valence-electron chi connectivity index (χ0n) is 20.0. The molecule has 0 saturated carbocycles. The van der Waals surface area contributed by atoms with Gasteiger partial charge in [-0.05, 0) is 30.0 Å². The van der Waals surface area contributed by atoms with Crippen molar-refractivity contribution in [3.63, 3.8) is 0 Å². The van der Waals surface area contributed by atoms with E-state index in [-0.39, 0.29) is 18.3 Å². The van der Waals surface area contributed by atoms with Gasteiger partial charge in [0.05, 0.1) is 19.8 Å². The quantitative estimate of drug-likeness (QED) is 0.405. The lowest BCUT2D eigenvalue weighted by Crippen LogP contribution is -2.36. The highest BCUT2D eigenvalue weighted by Crippen LogP contribution is 2.57. The minimum atomic E-state index is -4.66. The molecule has 1 aliphatic heterocycles. The molecular weight excluding hydrogens is 511 g/mol. The first kappa shape index (κ1) is 26.3. The van der Waals surface area contributed by atoms with Crippen LogP contribution in [-0.2, 0) is 15.8 Å². The van der Waals surface area contributed by atoms with Crippen molar-refractivity contribution in [2.45, 2.75) is 45.8 Å². The van der Waals surface area contributed by atoms with Gasteiger partial charge in [0.15, 0.2) is 10.8 Å². The van der Waals surface area contributed by atoms with E-state index in [1.165, 1.54) is 11.3 Å². The zero-order chi connectivity index (χ0) is 25.3. The van der Waals surface area contributed by atoms with E-state index in [2.05, 4.69) is 9.88 Å². The predicted molar refractivity (Wildman–Crippen MR) is 139 cm³/mol. The third-order valence-electron chi connectivity index (χ3n) is 6.65. The fourth-order valence-corrected chi connectivity index (χ4v) is 7.25. The van der Waals surface area contributed by atoms with Crippen LogP contribution in [0.3, 0.4) is 0 Å². The second-order valence-electron chi connectivity index (χ2n) is 8.74. The number of morpholine rings is 1. The van der Waals surface area contributed by atoms with E-state index in [4.69, 9.17) is 21.3 Å². The highest BCUT2D eigenvalue weighted by Gasteiger charge is 2.40. The summed E-state index contributed by atoms with van der Waals surface area (Å²) in [7, 11) is -4.66. The van der Waals surface area contributed by atoms with Crippen molar-refractivity contribution in [1.82, 2.24) is 14.5 Å². The Hall–Kier alpha value is -1.81. The minimum Gasteiger partial charge on any atom is -0.378 e. The summed E-state index contributed by atoms with van der Waals surface area (Å²) >= 11 is 7.62. The molecule has 3 heterocycles. The summed E-state index contributed by atoms with van der Waals surface area (Å²) in [6.45, 7) is 8.35. The first-order chi connectivity index (χ1) is 16.7. The van der Waals surface area contributed by atoms with E-state index in [9.17, 15) is 19.1 Å². The molecule has 12 heteroatoms. The smallest absolute Gasteiger partial charge is 0.336 e. The Morgan fingerprint density at radius 1 is 1.20 bits per heavy atom. The molecular formula is C23H30ClN4O5PS. The summed E-state index contributed by atoms with van der Waals surface area (Å²) in [5, 5.41) is 1.26. The lowest BCUT2D eigenvalue weighted by atomic mass is 9.98. The average Bonchev–Trinajstić information content (AvgIpc) is 3.28. The number of aromatic nitrogens is 3. The van der Waals surface area contributed by atoms with E-state index in [0.717, 1.165) is 11.1 Å². The Morgan fingerprint density at radius 3 is 2.51 bits per heavy atom. The van der Waals surface area contributed by atoms with Crippen molar-refractivity contribution >= 4 is 46.0 Å². The number of nitrogens with zero attached hydrogens (tertiary/aromatic N) is 4. The van der Waals surface area contributed by atoms with Crippen molar-refractivity contribution in [3.05, 3.63) is 50.5 Å². The van der Waals surface area contributed by atoms with Crippen LogP contribution in [-0.4, -0.2) is 50.6 Å². The van der Waals surface area contributed by atoms with Crippen LogP contribution >= 0.6 is 30.5 Å².